The van der Waals surface area contributed by atoms with E-state index in [1.54, 1.807) is 18.2 Å². The zero-order chi connectivity index (χ0) is 24.7. The monoisotopic (exact) mass is 484 g/mol. The van der Waals surface area contributed by atoms with Gasteiger partial charge in [-0.1, -0.05) is 18.2 Å². The molecule has 4 aromatic rings. The molecular formula is C24H16F4N4O3. The highest BCUT2D eigenvalue weighted by molar-refractivity contribution is 5.99. The van der Waals surface area contributed by atoms with Crippen molar-refractivity contribution in [3.05, 3.63) is 101 Å². The molecule has 2 aromatic heterocycles. The fourth-order valence-electron chi connectivity index (χ4n) is 4.08. The van der Waals surface area contributed by atoms with Crippen molar-refractivity contribution in [1.82, 2.24) is 20.1 Å². The Labute approximate surface area is 195 Å². The number of fused-ring (bicyclic) bond motifs is 1. The molecular weight excluding hydrogens is 468 g/mol. The van der Waals surface area contributed by atoms with Crippen molar-refractivity contribution in [1.29, 1.82) is 0 Å². The molecule has 0 spiro atoms. The zero-order valence-electron chi connectivity index (χ0n) is 17.8. The number of carbonyl (C=O) groups is 1. The van der Waals surface area contributed by atoms with Crippen LogP contribution in [0.1, 0.15) is 51.6 Å². The molecule has 0 bridgehead atoms. The van der Waals surface area contributed by atoms with Crippen LogP contribution in [0, 0.1) is 11.6 Å². The van der Waals surface area contributed by atoms with Gasteiger partial charge in [0.2, 0.25) is 5.89 Å². The third-order valence-electron chi connectivity index (χ3n) is 5.72. The fourth-order valence-corrected chi connectivity index (χ4v) is 4.08. The number of aliphatic hydroxyl groups is 1. The van der Waals surface area contributed by atoms with Crippen LogP contribution in [-0.4, -0.2) is 31.1 Å². The average molecular weight is 484 g/mol. The lowest BCUT2D eigenvalue weighted by atomic mass is 9.96. The van der Waals surface area contributed by atoms with Gasteiger partial charge in [-0.2, -0.15) is 8.78 Å². The first kappa shape index (κ1) is 22.7. The summed E-state index contributed by atoms with van der Waals surface area (Å²) in [6.45, 7) is 0.00589. The molecule has 11 heteroatoms. The third kappa shape index (κ3) is 4.14. The summed E-state index contributed by atoms with van der Waals surface area (Å²) < 4.78 is 59.0. The van der Waals surface area contributed by atoms with E-state index in [0.29, 0.717) is 11.6 Å². The largest absolute Gasteiger partial charge is 0.415 e. The third-order valence-corrected chi connectivity index (χ3v) is 5.72. The van der Waals surface area contributed by atoms with Crippen LogP contribution in [-0.2, 0) is 6.54 Å². The molecule has 0 fully saturated rings. The van der Waals surface area contributed by atoms with Crippen LogP contribution in [0.5, 0.6) is 0 Å². The van der Waals surface area contributed by atoms with Crippen LogP contribution in [0.4, 0.5) is 17.6 Å². The second-order valence-electron chi connectivity index (χ2n) is 7.86. The number of rotatable bonds is 6. The molecule has 1 amide bonds. The molecule has 3 heterocycles. The molecule has 2 atom stereocenters. The molecule has 1 aliphatic heterocycles. The molecule has 0 radical (unpaired) electrons. The molecule has 1 N–H and O–H groups in total. The van der Waals surface area contributed by atoms with E-state index in [4.69, 9.17) is 4.42 Å². The van der Waals surface area contributed by atoms with E-state index >= 15 is 0 Å². The highest BCUT2D eigenvalue weighted by Crippen LogP contribution is 2.40. The number of halogens is 4. The fraction of sp³-hybridized carbons (Fsp3) is 0.167. The lowest BCUT2D eigenvalue weighted by molar-refractivity contribution is 0.0334. The van der Waals surface area contributed by atoms with E-state index < -0.39 is 42.0 Å². The van der Waals surface area contributed by atoms with E-state index in [2.05, 4.69) is 15.2 Å². The maximum atomic E-state index is 14.8. The van der Waals surface area contributed by atoms with Gasteiger partial charge in [0, 0.05) is 35.5 Å². The van der Waals surface area contributed by atoms with Crippen LogP contribution >= 0.6 is 0 Å². The van der Waals surface area contributed by atoms with E-state index in [-0.39, 0.29) is 34.8 Å². The second kappa shape index (κ2) is 8.91. The van der Waals surface area contributed by atoms with E-state index in [0.717, 1.165) is 6.07 Å². The van der Waals surface area contributed by atoms with Gasteiger partial charge in [-0.15, -0.1) is 10.2 Å². The summed E-state index contributed by atoms with van der Waals surface area (Å²) in [6, 6.07) is 11.0. The van der Waals surface area contributed by atoms with Crippen LogP contribution in [0.3, 0.4) is 0 Å². The minimum atomic E-state index is -2.94. The standard InChI is InChI=1S/C24H16F4N4O3/c25-14-6-7-15(17(26)10-14)19(20(33)18-3-1-2-8-29-18)32-11-13-5-4-12(9-16(13)24(32)34)22-30-31-23(35-22)21(27)28/h1-10,19-21,33H,11H2. The van der Waals surface area contributed by atoms with Crippen molar-refractivity contribution in [2.75, 3.05) is 0 Å². The summed E-state index contributed by atoms with van der Waals surface area (Å²) in [6.07, 6.45) is -2.93. The number of carbonyl (C=O) groups excluding carboxylic acids is 1. The van der Waals surface area contributed by atoms with Crippen molar-refractivity contribution in [2.45, 2.75) is 25.1 Å². The average Bonchev–Trinajstić information content (AvgIpc) is 3.47. The van der Waals surface area contributed by atoms with Gasteiger partial charge in [0.15, 0.2) is 0 Å². The summed E-state index contributed by atoms with van der Waals surface area (Å²) in [5, 5.41) is 18.0. The molecule has 1 aliphatic rings. The molecule has 0 aliphatic carbocycles. The number of alkyl halides is 2. The Kier molecular flexibility index (Phi) is 5.77. The smallest absolute Gasteiger partial charge is 0.314 e. The van der Waals surface area contributed by atoms with Crippen molar-refractivity contribution in [3.63, 3.8) is 0 Å². The topological polar surface area (TPSA) is 92.4 Å². The summed E-state index contributed by atoms with van der Waals surface area (Å²) in [5.74, 6) is -3.33. The van der Waals surface area contributed by atoms with Crippen molar-refractivity contribution in [3.8, 4) is 11.5 Å². The number of benzene rings is 2. The maximum absolute atomic E-state index is 14.8. The number of pyridine rings is 1. The number of hydrogen-bond acceptors (Lipinski definition) is 6. The maximum Gasteiger partial charge on any atom is 0.314 e. The van der Waals surface area contributed by atoms with Crippen LogP contribution in [0.25, 0.3) is 11.5 Å². The highest BCUT2D eigenvalue weighted by atomic mass is 19.3. The van der Waals surface area contributed by atoms with Gasteiger partial charge >= 0.3 is 6.43 Å². The van der Waals surface area contributed by atoms with Crippen LogP contribution in [0.15, 0.2) is 65.2 Å². The lowest BCUT2D eigenvalue weighted by Crippen LogP contribution is -2.34. The summed E-state index contributed by atoms with van der Waals surface area (Å²) in [7, 11) is 0. The van der Waals surface area contributed by atoms with Crippen molar-refractivity contribution < 1.29 is 31.9 Å². The first-order chi connectivity index (χ1) is 16.8. The number of nitrogens with zero attached hydrogens (tertiary/aromatic N) is 4. The molecule has 178 valence electrons. The quantitative estimate of drug-likeness (QED) is 0.396. The summed E-state index contributed by atoms with van der Waals surface area (Å²) >= 11 is 0. The Morgan fingerprint density at radius 2 is 1.86 bits per heavy atom. The highest BCUT2D eigenvalue weighted by Gasteiger charge is 2.39. The van der Waals surface area contributed by atoms with Gasteiger partial charge in [-0.3, -0.25) is 9.78 Å². The Morgan fingerprint density at radius 1 is 1.03 bits per heavy atom. The molecule has 0 saturated carbocycles. The number of aliphatic hydroxyl groups excluding tert-OH is 1. The number of aromatic nitrogens is 3. The van der Waals surface area contributed by atoms with Gasteiger partial charge < -0.3 is 14.4 Å². The number of hydrogen-bond donors (Lipinski definition) is 1. The van der Waals surface area contributed by atoms with E-state index in [9.17, 15) is 27.5 Å². The summed E-state index contributed by atoms with van der Waals surface area (Å²) in [4.78, 5) is 18.8. The first-order valence-electron chi connectivity index (χ1n) is 10.4. The predicted molar refractivity (Wildman–Crippen MR) is 113 cm³/mol. The van der Waals surface area contributed by atoms with Crippen LogP contribution < -0.4 is 0 Å². The van der Waals surface area contributed by atoms with Gasteiger partial charge in [0.05, 0.1) is 11.7 Å². The molecule has 2 aromatic carbocycles. The van der Waals surface area contributed by atoms with Gasteiger partial charge in [0.25, 0.3) is 11.8 Å². The minimum Gasteiger partial charge on any atom is -0.415 e. The van der Waals surface area contributed by atoms with Crippen molar-refractivity contribution >= 4 is 5.91 Å². The lowest BCUT2D eigenvalue weighted by Gasteiger charge is -2.32. The van der Waals surface area contributed by atoms with Gasteiger partial charge in [-0.25, -0.2) is 8.78 Å². The minimum absolute atomic E-state index is 0.00589. The Morgan fingerprint density at radius 3 is 2.54 bits per heavy atom. The van der Waals surface area contributed by atoms with Gasteiger partial charge in [-0.05, 0) is 35.9 Å². The molecule has 7 nitrogen and oxygen atoms in total. The van der Waals surface area contributed by atoms with Crippen molar-refractivity contribution in [2.24, 2.45) is 0 Å². The molecule has 5 rings (SSSR count). The van der Waals surface area contributed by atoms with E-state index in [1.807, 2.05) is 0 Å². The predicted octanol–water partition coefficient (Wildman–Crippen LogP) is 4.78. The summed E-state index contributed by atoms with van der Waals surface area (Å²) in [5.41, 5.74) is 1.08. The van der Waals surface area contributed by atoms with E-state index in [1.165, 1.54) is 35.4 Å². The Bertz CT molecular complexity index is 1400. The zero-order valence-corrected chi connectivity index (χ0v) is 17.8. The second-order valence-corrected chi connectivity index (χ2v) is 7.86. The molecule has 35 heavy (non-hydrogen) atoms. The molecule has 0 saturated heterocycles. The molecule has 2 unspecified atom stereocenters. The first-order valence-corrected chi connectivity index (χ1v) is 10.4. The van der Waals surface area contributed by atoms with Crippen LogP contribution in [0.2, 0.25) is 0 Å². The number of amides is 1. The Balaban J connectivity index is 1.54. The Hall–Kier alpha value is -4.12. The normalized spacial score (nSPS) is 14.9. The van der Waals surface area contributed by atoms with Gasteiger partial charge in [0.1, 0.15) is 17.7 Å². The SMILES string of the molecule is O=C1c2cc(-c3nnc(C(F)F)o3)ccc2CN1C(c1ccc(F)cc1F)C(O)c1ccccn1.